The first kappa shape index (κ1) is 31.3. The van der Waals surface area contributed by atoms with Crippen molar-refractivity contribution in [3.63, 3.8) is 0 Å². The highest BCUT2D eigenvalue weighted by atomic mass is 16.4. The Bertz CT molecular complexity index is 906. The number of nitrogens with two attached hydrogens (primary N) is 4. The monoisotopic (exact) mass is 520 g/mol. The number of amides is 3. The van der Waals surface area contributed by atoms with E-state index in [4.69, 9.17) is 22.9 Å². The summed E-state index contributed by atoms with van der Waals surface area (Å²) in [5.74, 6) is -3.10. The quantitative estimate of drug-likeness (QED) is 0.0662. The molecular weight excluding hydrogens is 480 g/mol. The average Bonchev–Trinajstić information content (AvgIpc) is 2.84. The summed E-state index contributed by atoms with van der Waals surface area (Å²) in [6.45, 7) is 2.11. The van der Waals surface area contributed by atoms with Gasteiger partial charge in [0.25, 0.3) is 0 Å². The lowest BCUT2D eigenvalue weighted by Crippen LogP contribution is -2.57. The lowest BCUT2D eigenvalue weighted by atomic mass is 10.0. The molecule has 0 aromatic heterocycles. The van der Waals surface area contributed by atoms with Crippen LogP contribution >= 0.6 is 0 Å². The molecule has 0 fully saturated rings. The van der Waals surface area contributed by atoms with Gasteiger partial charge in [-0.15, -0.1) is 0 Å². The van der Waals surface area contributed by atoms with Crippen LogP contribution < -0.4 is 38.9 Å². The van der Waals surface area contributed by atoms with Gasteiger partial charge in [-0.1, -0.05) is 30.3 Å². The van der Waals surface area contributed by atoms with Crippen molar-refractivity contribution in [2.75, 3.05) is 13.1 Å². The number of hydrogen-bond donors (Lipinski definition) is 8. The zero-order chi connectivity index (χ0) is 27.8. The van der Waals surface area contributed by atoms with Gasteiger partial charge in [-0.3, -0.25) is 19.4 Å². The SMILES string of the molecule is CC(N)C(=O)NC(CCCN=C(N)N)C(=O)NC(CCCCN)C(=O)NC(Cc1ccccc1)C(=O)O. The lowest BCUT2D eigenvalue weighted by molar-refractivity contribution is -0.142. The standard InChI is InChI=1S/C24H40N8O5/c1-15(26)20(33)30-18(11-7-13-29-24(27)28)21(34)31-17(10-5-6-12-25)22(35)32-19(23(36)37)14-16-8-3-2-4-9-16/h2-4,8-9,15,17-19H,5-7,10-14,25-26H2,1H3,(H,30,33)(H,31,34)(H,32,35)(H,36,37)(H4,27,28,29). The van der Waals surface area contributed by atoms with Crippen molar-refractivity contribution in [1.82, 2.24) is 16.0 Å². The molecule has 0 aliphatic rings. The Labute approximate surface area is 216 Å². The normalized spacial score (nSPS) is 13.9. The third-order valence-corrected chi connectivity index (χ3v) is 5.47. The minimum Gasteiger partial charge on any atom is -0.480 e. The number of rotatable bonds is 17. The number of guanidine groups is 1. The van der Waals surface area contributed by atoms with Crippen LogP contribution in [0.5, 0.6) is 0 Å². The van der Waals surface area contributed by atoms with E-state index in [2.05, 4.69) is 20.9 Å². The van der Waals surface area contributed by atoms with E-state index in [-0.39, 0.29) is 31.8 Å². The van der Waals surface area contributed by atoms with Gasteiger partial charge in [-0.2, -0.15) is 0 Å². The van der Waals surface area contributed by atoms with E-state index in [9.17, 15) is 24.3 Å². The van der Waals surface area contributed by atoms with Crippen LogP contribution in [0.25, 0.3) is 0 Å². The maximum absolute atomic E-state index is 13.1. The van der Waals surface area contributed by atoms with Crippen LogP contribution in [-0.2, 0) is 25.6 Å². The summed E-state index contributed by atoms with van der Waals surface area (Å²) < 4.78 is 0. The second kappa shape index (κ2) is 16.9. The Kier molecular flexibility index (Phi) is 14.3. The summed E-state index contributed by atoms with van der Waals surface area (Å²) in [7, 11) is 0. The molecule has 12 N–H and O–H groups in total. The second-order valence-corrected chi connectivity index (χ2v) is 8.73. The zero-order valence-electron chi connectivity index (χ0n) is 21.2. The van der Waals surface area contributed by atoms with E-state index in [1.807, 2.05) is 0 Å². The molecule has 4 unspecified atom stereocenters. The van der Waals surface area contributed by atoms with E-state index in [0.29, 0.717) is 25.8 Å². The highest BCUT2D eigenvalue weighted by Crippen LogP contribution is 2.08. The molecular formula is C24H40N8O5. The van der Waals surface area contributed by atoms with Crippen LogP contribution in [0.1, 0.15) is 44.6 Å². The first-order valence-electron chi connectivity index (χ1n) is 12.2. The molecule has 0 bridgehead atoms. The molecule has 0 saturated heterocycles. The summed E-state index contributed by atoms with van der Waals surface area (Å²) in [5, 5.41) is 17.4. The molecule has 206 valence electrons. The minimum atomic E-state index is -1.20. The lowest BCUT2D eigenvalue weighted by Gasteiger charge is -2.25. The van der Waals surface area contributed by atoms with Crippen molar-refractivity contribution in [2.24, 2.45) is 27.9 Å². The van der Waals surface area contributed by atoms with E-state index < -0.39 is 47.9 Å². The smallest absolute Gasteiger partial charge is 0.326 e. The fourth-order valence-corrected chi connectivity index (χ4v) is 3.43. The maximum atomic E-state index is 13.1. The Morgan fingerprint density at radius 3 is 1.92 bits per heavy atom. The van der Waals surface area contributed by atoms with E-state index in [1.165, 1.54) is 6.92 Å². The number of nitrogens with zero attached hydrogens (tertiary/aromatic N) is 1. The molecule has 0 spiro atoms. The fraction of sp³-hybridized carbons (Fsp3) is 0.542. The largest absolute Gasteiger partial charge is 0.480 e. The van der Waals surface area contributed by atoms with Crippen LogP contribution in [0.2, 0.25) is 0 Å². The van der Waals surface area contributed by atoms with Crippen LogP contribution in [-0.4, -0.2) is 72.0 Å². The molecule has 0 radical (unpaired) electrons. The Morgan fingerprint density at radius 2 is 1.41 bits per heavy atom. The van der Waals surface area contributed by atoms with Gasteiger partial charge in [-0.25, -0.2) is 4.79 Å². The first-order chi connectivity index (χ1) is 17.5. The molecule has 0 saturated carbocycles. The third-order valence-electron chi connectivity index (χ3n) is 5.47. The van der Waals surface area contributed by atoms with Crippen LogP contribution in [0.15, 0.2) is 35.3 Å². The van der Waals surface area contributed by atoms with Crippen molar-refractivity contribution < 1.29 is 24.3 Å². The third kappa shape index (κ3) is 12.7. The van der Waals surface area contributed by atoms with Crippen molar-refractivity contribution >= 4 is 29.7 Å². The minimum absolute atomic E-state index is 0.0727. The number of aliphatic carboxylic acids is 1. The molecule has 0 aliphatic heterocycles. The maximum Gasteiger partial charge on any atom is 0.326 e. The average molecular weight is 521 g/mol. The molecule has 1 aromatic rings. The van der Waals surface area contributed by atoms with Gasteiger partial charge in [0.05, 0.1) is 6.04 Å². The van der Waals surface area contributed by atoms with Gasteiger partial charge < -0.3 is 44.0 Å². The van der Waals surface area contributed by atoms with Crippen LogP contribution in [0.3, 0.4) is 0 Å². The number of unbranched alkanes of at least 4 members (excludes halogenated alkanes) is 1. The predicted octanol–water partition coefficient (Wildman–Crippen LogP) is -1.70. The summed E-state index contributed by atoms with van der Waals surface area (Å²) in [4.78, 5) is 54.1. The number of carbonyl (C=O) groups excluding carboxylic acids is 3. The van der Waals surface area contributed by atoms with Gasteiger partial charge in [0.1, 0.15) is 18.1 Å². The van der Waals surface area contributed by atoms with Crippen molar-refractivity contribution in [3.05, 3.63) is 35.9 Å². The number of carboxylic acids is 1. The topological polar surface area (TPSA) is 241 Å². The highest BCUT2D eigenvalue weighted by Gasteiger charge is 2.29. The van der Waals surface area contributed by atoms with Gasteiger partial charge in [0.2, 0.25) is 17.7 Å². The van der Waals surface area contributed by atoms with E-state index in [1.54, 1.807) is 30.3 Å². The Balaban J connectivity index is 2.99. The van der Waals surface area contributed by atoms with Crippen molar-refractivity contribution in [3.8, 4) is 0 Å². The van der Waals surface area contributed by atoms with Crippen LogP contribution in [0.4, 0.5) is 0 Å². The molecule has 13 nitrogen and oxygen atoms in total. The Hall–Kier alpha value is -3.71. The second-order valence-electron chi connectivity index (χ2n) is 8.73. The van der Waals surface area contributed by atoms with Crippen molar-refractivity contribution in [2.45, 2.75) is 69.6 Å². The number of hydrogen-bond acceptors (Lipinski definition) is 7. The highest BCUT2D eigenvalue weighted by molar-refractivity contribution is 5.94. The number of aliphatic imine (C=N–C) groups is 1. The van der Waals surface area contributed by atoms with Gasteiger partial charge in [-0.05, 0) is 51.1 Å². The number of carboxylic acid groups (broad SMARTS) is 1. The number of benzene rings is 1. The van der Waals surface area contributed by atoms with Crippen LogP contribution in [0, 0.1) is 0 Å². The molecule has 0 heterocycles. The first-order valence-corrected chi connectivity index (χ1v) is 12.2. The molecule has 3 amide bonds. The summed E-state index contributed by atoms with van der Waals surface area (Å²) in [6.07, 6.45) is 1.99. The summed E-state index contributed by atoms with van der Waals surface area (Å²) in [5.41, 5.74) is 22.6. The van der Waals surface area contributed by atoms with Crippen molar-refractivity contribution in [1.29, 1.82) is 0 Å². The summed E-state index contributed by atoms with van der Waals surface area (Å²) >= 11 is 0. The molecule has 1 rings (SSSR count). The van der Waals surface area contributed by atoms with E-state index in [0.717, 1.165) is 5.56 Å². The summed E-state index contributed by atoms with van der Waals surface area (Å²) in [6, 6.07) is 4.78. The fourth-order valence-electron chi connectivity index (χ4n) is 3.43. The molecule has 37 heavy (non-hydrogen) atoms. The van der Waals surface area contributed by atoms with Gasteiger partial charge in [0.15, 0.2) is 5.96 Å². The number of carbonyl (C=O) groups is 4. The van der Waals surface area contributed by atoms with E-state index >= 15 is 0 Å². The number of nitrogens with one attached hydrogen (secondary N) is 3. The predicted molar refractivity (Wildman–Crippen MR) is 140 cm³/mol. The molecule has 0 aliphatic carbocycles. The molecule has 13 heteroatoms. The Morgan fingerprint density at radius 1 is 0.865 bits per heavy atom. The van der Waals surface area contributed by atoms with Gasteiger partial charge in [0, 0.05) is 13.0 Å². The zero-order valence-corrected chi connectivity index (χ0v) is 21.2. The molecule has 1 aromatic carbocycles. The van der Waals surface area contributed by atoms with Gasteiger partial charge >= 0.3 is 5.97 Å². The molecule has 4 atom stereocenters.